The molecule has 0 aliphatic carbocycles. The highest BCUT2D eigenvalue weighted by Crippen LogP contribution is 2.21. The van der Waals surface area contributed by atoms with Crippen LogP contribution in [-0.2, 0) is 26.6 Å². The van der Waals surface area contributed by atoms with Gasteiger partial charge in [-0.2, -0.15) is 0 Å². The largest absolute Gasteiger partial charge is 0.264 e. The van der Waals surface area contributed by atoms with Crippen molar-refractivity contribution in [3.05, 3.63) is 58.9 Å². The van der Waals surface area contributed by atoms with E-state index in [0.717, 1.165) is 11.1 Å². The molecule has 0 atom stereocenters. The van der Waals surface area contributed by atoms with E-state index in [1.165, 1.54) is 0 Å². The van der Waals surface area contributed by atoms with Gasteiger partial charge in [0, 0.05) is 25.5 Å². The van der Waals surface area contributed by atoms with Crippen molar-refractivity contribution < 1.29 is 16.8 Å². The van der Waals surface area contributed by atoms with Crippen LogP contribution in [0.5, 0.6) is 0 Å². The van der Waals surface area contributed by atoms with E-state index in [1.54, 1.807) is 50.5 Å². The average molecular weight is 398 g/mol. The molecule has 9 heteroatoms. The van der Waals surface area contributed by atoms with E-state index < -0.39 is 20.0 Å². The molecule has 0 amide bonds. The molecule has 2 rings (SSSR count). The molecule has 0 fully saturated rings. The lowest BCUT2D eigenvalue weighted by Crippen LogP contribution is -2.34. The Balaban J connectivity index is 1.98. The molecule has 26 heavy (non-hydrogen) atoms. The molecule has 0 bridgehead atoms. The highest BCUT2D eigenvalue weighted by atomic mass is 32.2. The third-order valence-electron chi connectivity index (χ3n) is 3.76. The zero-order valence-electron chi connectivity index (χ0n) is 15.0. The summed E-state index contributed by atoms with van der Waals surface area (Å²) in [6.07, 6.45) is 3.16. The molecule has 0 radical (unpaired) electrons. The first kappa shape index (κ1) is 20.5. The maximum Gasteiger partial charge on any atom is 0.241 e. The fourth-order valence-electron chi connectivity index (χ4n) is 2.74. The topological polar surface area (TPSA) is 105 Å². The maximum absolute atomic E-state index is 12.5. The van der Waals surface area contributed by atoms with Crippen LogP contribution in [0, 0.1) is 20.8 Å². The first-order valence-corrected chi connectivity index (χ1v) is 11.2. The van der Waals surface area contributed by atoms with Crippen LogP contribution in [-0.4, -0.2) is 34.1 Å². The minimum Gasteiger partial charge on any atom is -0.264 e. The molecule has 0 unspecified atom stereocenters. The van der Waals surface area contributed by atoms with Gasteiger partial charge in [0.2, 0.25) is 20.0 Å². The first-order chi connectivity index (χ1) is 12.1. The second-order valence-electron chi connectivity index (χ2n) is 6.13. The number of rotatable bonds is 8. The van der Waals surface area contributed by atoms with E-state index in [0.29, 0.717) is 11.1 Å². The number of sulfonamides is 2. The number of hydrogen-bond donors (Lipinski definition) is 2. The molecule has 1 aromatic carbocycles. The molecule has 0 aliphatic rings. The van der Waals surface area contributed by atoms with Gasteiger partial charge in [-0.1, -0.05) is 23.8 Å². The minimum atomic E-state index is -3.78. The number of aryl methyl sites for hydroxylation is 3. The minimum absolute atomic E-state index is 0.110. The smallest absolute Gasteiger partial charge is 0.241 e. The second-order valence-corrected chi connectivity index (χ2v) is 9.76. The predicted octanol–water partition coefficient (Wildman–Crippen LogP) is 1.40. The quantitative estimate of drug-likeness (QED) is 0.701. The van der Waals surface area contributed by atoms with Crippen molar-refractivity contribution in [1.82, 2.24) is 14.4 Å². The maximum atomic E-state index is 12.5. The van der Waals surface area contributed by atoms with Gasteiger partial charge in [-0.25, -0.2) is 26.3 Å². The summed E-state index contributed by atoms with van der Waals surface area (Å²) in [6.45, 7) is 5.24. The van der Waals surface area contributed by atoms with Gasteiger partial charge in [-0.15, -0.1) is 0 Å². The Kier molecular flexibility index (Phi) is 6.51. The third-order valence-corrected chi connectivity index (χ3v) is 6.85. The zero-order valence-corrected chi connectivity index (χ0v) is 16.6. The Bertz CT molecular complexity index is 949. The molecule has 2 aromatic rings. The van der Waals surface area contributed by atoms with Crippen LogP contribution in [0.25, 0.3) is 0 Å². The zero-order chi connectivity index (χ0) is 19.4. The fourth-order valence-corrected chi connectivity index (χ4v) is 5.25. The Labute approximate surface area is 155 Å². The lowest BCUT2D eigenvalue weighted by Gasteiger charge is -2.13. The molecule has 142 valence electrons. The van der Waals surface area contributed by atoms with Crippen molar-refractivity contribution >= 4 is 20.0 Å². The van der Waals surface area contributed by atoms with Crippen LogP contribution >= 0.6 is 0 Å². The Morgan fingerprint density at radius 1 is 1.00 bits per heavy atom. The van der Waals surface area contributed by atoms with E-state index >= 15 is 0 Å². The van der Waals surface area contributed by atoms with Crippen molar-refractivity contribution in [3.8, 4) is 0 Å². The van der Waals surface area contributed by atoms with Crippen molar-refractivity contribution in [2.75, 3.05) is 12.3 Å². The van der Waals surface area contributed by atoms with Crippen LogP contribution in [0.15, 0.2) is 41.6 Å². The van der Waals surface area contributed by atoms with E-state index in [1.807, 2.05) is 6.92 Å². The number of benzene rings is 1. The van der Waals surface area contributed by atoms with Crippen LogP contribution in [0.2, 0.25) is 0 Å². The van der Waals surface area contributed by atoms with Gasteiger partial charge < -0.3 is 0 Å². The average Bonchev–Trinajstić information content (AvgIpc) is 2.52. The summed E-state index contributed by atoms with van der Waals surface area (Å²) in [4.78, 5) is 4.11. The molecule has 0 aliphatic heterocycles. The van der Waals surface area contributed by atoms with Crippen molar-refractivity contribution in [2.45, 2.75) is 32.2 Å². The second kappa shape index (κ2) is 8.26. The molecule has 0 saturated carbocycles. The lowest BCUT2D eigenvalue weighted by molar-refractivity contribution is 0.574. The third kappa shape index (κ3) is 5.60. The van der Waals surface area contributed by atoms with Gasteiger partial charge in [0.25, 0.3) is 0 Å². The summed E-state index contributed by atoms with van der Waals surface area (Å²) in [7, 11) is -7.40. The predicted molar refractivity (Wildman–Crippen MR) is 101 cm³/mol. The number of hydrogen-bond acceptors (Lipinski definition) is 5. The highest BCUT2D eigenvalue weighted by molar-refractivity contribution is 7.90. The van der Waals surface area contributed by atoms with E-state index in [4.69, 9.17) is 0 Å². The Morgan fingerprint density at radius 3 is 2.23 bits per heavy atom. The highest BCUT2D eigenvalue weighted by Gasteiger charge is 2.20. The first-order valence-electron chi connectivity index (χ1n) is 8.04. The number of nitrogens with zero attached hydrogens (tertiary/aromatic N) is 1. The standard InChI is InChI=1S/C17H23N3O4S2/c1-13-9-14(2)17(15(3)10-13)26(23,24)19-7-8-25(21,22)20-12-16-5-4-6-18-11-16/h4-6,9-11,19-20H,7-8,12H2,1-3H3. The molecule has 0 saturated heterocycles. The fraction of sp³-hybridized carbons (Fsp3) is 0.353. The molecule has 0 spiro atoms. The molecular formula is C17H23N3O4S2. The van der Waals surface area contributed by atoms with Crippen LogP contribution in [0.3, 0.4) is 0 Å². The number of nitrogens with one attached hydrogen (secondary N) is 2. The van der Waals surface area contributed by atoms with Gasteiger partial charge in [-0.05, 0) is 43.5 Å². The van der Waals surface area contributed by atoms with Crippen LogP contribution < -0.4 is 9.44 Å². The van der Waals surface area contributed by atoms with Gasteiger partial charge in [-0.3, -0.25) is 4.98 Å². The lowest BCUT2D eigenvalue weighted by atomic mass is 10.1. The van der Waals surface area contributed by atoms with Crippen LogP contribution in [0.4, 0.5) is 0 Å². The van der Waals surface area contributed by atoms with Crippen molar-refractivity contribution in [3.63, 3.8) is 0 Å². The Morgan fingerprint density at radius 2 is 1.65 bits per heavy atom. The SMILES string of the molecule is Cc1cc(C)c(S(=O)(=O)NCCS(=O)(=O)NCc2cccnc2)c(C)c1. The summed E-state index contributed by atoms with van der Waals surface area (Å²) >= 11 is 0. The van der Waals surface area contributed by atoms with E-state index in [-0.39, 0.29) is 23.7 Å². The van der Waals surface area contributed by atoms with Crippen molar-refractivity contribution in [1.29, 1.82) is 0 Å². The summed E-state index contributed by atoms with van der Waals surface area (Å²) in [5.74, 6) is -0.351. The van der Waals surface area contributed by atoms with E-state index in [2.05, 4.69) is 14.4 Å². The van der Waals surface area contributed by atoms with Crippen LogP contribution in [0.1, 0.15) is 22.3 Å². The summed E-state index contributed by atoms with van der Waals surface area (Å²) < 4.78 is 53.9. The molecule has 7 nitrogen and oxygen atoms in total. The van der Waals surface area contributed by atoms with Gasteiger partial charge >= 0.3 is 0 Å². The molecular weight excluding hydrogens is 374 g/mol. The number of pyridine rings is 1. The normalized spacial score (nSPS) is 12.3. The molecule has 2 N–H and O–H groups in total. The van der Waals surface area contributed by atoms with Gasteiger partial charge in [0.1, 0.15) is 0 Å². The molecule has 1 aromatic heterocycles. The number of aromatic nitrogens is 1. The summed E-state index contributed by atoms with van der Waals surface area (Å²) in [5, 5.41) is 0. The van der Waals surface area contributed by atoms with Gasteiger partial charge in [0.15, 0.2) is 0 Å². The van der Waals surface area contributed by atoms with Gasteiger partial charge in [0.05, 0.1) is 10.6 Å². The molecule has 1 heterocycles. The van der Waals surface area contributed by atoms with Crippen molar-refractivity contribution in [2.24, 2.45) is 0 Å². The Hall–Kier alpha value is -1.81. The summed E-state index contributed by atoms with van der Waals surface area (Å²) in [5.41, 5.74) is 2.96. The summed E-state index contributed by atoms with van der Waals surface area (Å²) in [6, 6.07) is 7.03. The van der Waals surface area contributed by atoms with E-state index in [9.17, 15) is 16.8 Å². The monoisotopic (exact) mass is 397 g/mol.